The van der Waals surface area contributed by atoms with Gasteiger partial charge in [-0.3, -0.25) is 14.5 Å². The highest BCUT2D eigenvalue weighted by molar-refractivity contribution is 6.52. The maximum absolute atomic E-state index is 13.5. The summed E-state index contributed by atoms with van der Waals surface area (Å²) < 4.78 is 16.7. The van der Waals surface area contributed by atoms with Crippen LogP contribution in [0.4, 0.5) is 5.69 Å². The molecule has 3 aromatic rings. The van der Waals surface area contributed by atoms with E-state index >= 15 is 0 Å². The Morgan fingerprint density at radius 3 is 2.24 bits per heavy atom. The summed E-state index contributed by atoms with van der Waals surface area (Å²) in [5.41, 5.74) is 0.646. The normalized spacial score (nSPS) is 16.6. The summed E-state index contributed by atoms with van der Waals surface area (Å²) >= 11 is 12.5. The summed E-state index contributed by atoms with van der Waals surface area (Å²) in [5, 5.41) is 21.6. The van der Waals surface area contributed by atoms with Crippen molar-refractivity contribution in [2.45, 2.75) is 19.9 Å². The molecule has 0 bridgehead atoms. The van der Waals surface area contributed by atoms with E-state index in [-0.39, 0.29) is 32.7 Å². The number of aromatic hydroxyl groups is 1. The highest BCUT2D eigenvalue weighted by Gasteiger charge is 2.47. The predicted octanol–water partition coefficient (Wildman–Crippen LogP) is 6.13. The molecule has 0 spiro atoms. The van der Waals surface area contributed by atoms with Crippen LogP contribution in [0.1, 0.15) is 31.0 Å². The van der Waals surface area contributed by atoms with Gasteiger partial charge in [0.1, 0.15) is 17.3 Å². The minimum absolute atomic E-state index is 0.00584. The first-order valence-electron chi connectivity index (χ1n) is 11.7. The topological polar surface area (TPSA) is 106 Å². The number of ketones is 1. The van der Waals surface area contributed by atoms with Crippen molar-refractivity contribution in [3.05, 3.63) is 81.3 Å². The molecule has 1 heterocycles. The molecule has 0 aromatic heterocycles. The first-order chi connectivity index (χ1) is 18.2. The zero-order valence-electron chi connectivity index (χ0n) is 20.8. The summed E-state index contributed by atoms with van der Waals surface area (Å²) in [6.45, 7) is 4.40. The number of phenols is 1. The van der Waals surface area contributed by atoms with Gasteiger partial charge in [0.2, 0.25) is 0 Å². The number of rotatable bonds is 8. The summed E-state index contributed by atoms with van der Waals surface area (Å²) in [4.78, 5) is 28.2. The van der Waals surface area contributed by atoms with E-state index in [1.54, 1.807) is 30.3 Å². The summed E-state index contributed by atoms with van der Waals surface area (Å²) in [7, 11) is 1.36. The SMILES string of the molecule is CCOc1ccc(N2C(=O)C(=O)/C(=C(/O)c3cc(Cl)cc(Cl)c3OC)C2c2ccc(O)cc2)cc1OCC. The average Bonchev–Trinajstić information content (AvgIpc) is 3.15. The fraction of sp³-hybridized carbons (Fsp3) is 0.214. The lowest BCUT2D eigenvalue weighted by Gasteiger charge is -2.26. The number of benzene rings is 3. The van der Waals surface area contributed by atoms with Crippen molar-refractivity contribution in [2.24, 2.45) is 0 Å². The minimum Gasteiger partial charge on any atom is -0.508 e. The van der Waals surface area contributed by atoms with E-state index < -0.39 is 23.5 Å². The Bertz CT molecular complexity index is 1420. The zero-order chi connectivity index (χ0) is 27.6. The maximum Gasteiger partial charge on any atom is 0.300 e. The Kier molecular flexibility index (Phi) is 8.04. The van der Waals surface area contributed by atoms with Gasteiger partial charge >= 0.3 is 0 Å². The number of carbonyl (C=O) groups is 2. The van der Waals surface area contributed by atoms with Gasteiger partial charge in [-0.25, -0.2) is 0 Å². The van der Waals surface area contributed by atoms with E-state index in [1.807, 2.05) is 13.8 Å². The number of carbonyl (C=O) groups excluding carboxylic acids is 2. The van der Waals surface area contributed by atoms with Crippen molar-refractivity contribution < 1.29 is 34.0 Å². The van der Waals surface area contributed by atoms with Crippen molar-refractivity contribution >= 4 is 46.3 Å². The first kappa shape index (κ1) is 27.2. The van der Waals surface area contributed by atoms with E-state index in [0.717, 1.165) is 0 Å². The van der Waals surface area contributed by atoms with Gasteiger partial charge in [0.15, 0.2) is 11.5 Å². The van der Waals surface area contributed by atoms with Gasteiger partial charge in [0, 0.05) is 16.8 Å². The van der Waals surface area contributed by atoms with Crippen molar-refractivity contribution in [3.63, 3.8) is 0 Å². The fourth-order valence-corrected chi connectivity index (χ4v) is 4.92. The van der Waals surface area contributed by atoms with Gasteiger partial charge < -0.3 is 24.4 Å². The number of anilines is 1. The average molecular weight is 558 g/mol. The van der Waals surface area contributed by atoms with Gasteiger partial charge in [0.05, 0.1) is 42.5 Å². The second-order valence-electron chi connectivity index (χ2n) is 8.23. The van der Waals surface area contributed by atoms with Crippen molar-refractivity contribution in [1.82, 2.24) is 0 Å². The molecule has 1 amide bonds. The first-order valence-corrected chi connectivity index (χ1v) is 12.5. The summed E-state index contributed by atoms with van der Waals surface area (Å²) in [6.07, 6.45) is 0. The lowest BCUT2D eigenvalue weighted by atomic mass is 9.94. The Morgan fingerprint density at radius 2 is 1.61 bits per heavy atom. The number of nitrogens with zero attached hydrogens (tertiary/aromatic N) is 1. The van der Waals surface area contributed by atoms with Crippen LogP contribution in [0.5, 0.6) is 23.0 Å². The van der Waals surface area contributed by atoms with Crippen molar-refractivity contribution in [2.75, 3.05) is 25.2 Å². The molecular weight excluding hydrogens is 533 g/mol. The molecule has 1 saturated heterocycles. The van der Waals surface area contributed by atoms with Crippen LogP contribution in [0.25, 0.3) is 5.76 Å². The molecule has 1 fully saturated rings. The number of hydrogen-bond acceptors (Lipinski definition) is 7. The van der Waals surface area contributed by atoms with Crippen LogP contribution in [0, 0.1) is 0 Å². The lowest BCUT2D eigenvalue weighted by molar-refractivity contribution is -0.132. The molecule has 3 aromatic carbocycles. The number of aliphatic hydroxyl groups is 1. The number of amides is 1. The van der Waals surface area contributed by atoms with Gasteiger partial charge in [-0.05, 0) is 55.8 Å². The number of halogens is 2. The van der Waals surface area contributed by atoms with Crippen LogP contribution in [-0.4, -0.2) is 42.2 Å². The van der Waals surface area contributed by atoms with Crippen LogP contribution >= 0.6 is 23.2 Å². The number of methoxy groups -OCH3 is 1. The molecule has 1 atom stereocenters. The van der Waals surface area contributed by atoms with Crippen LogP contribution in [0.3, 0.4) is 0 Å². The van der Waals surface area contributed by atoms with Crippen LogP contribution in [0.2, 0.25) is 10.0 Å². The van der Waals surface area contributed by atoms with Gasteiger partial charge in [-0.1, -0.05) is 35.3 Å². The van der Waals surface area contributed by atoms with Crippen molar-refractivity contribution in [3.8, 4) is 23.0 Å². The Morgan fingerprint density at radius 1 is 0.947 bits per heavy atom. The molecular formula is C28H25Cl2NO7. The van der Waals surface area contributed by atoms with E-state index in [4.69, 9.17) is 37.4 Å². The standard InChI is InChI=1S/C28H25Cl2NO7/c1-4-37-21-11-8-17(14-22(21)38-5-2)31-24(15-6-9-18(32)10-7-15)23(26(34)28(31)35)25(33)19-12-16(29)13-20(30)27(19)36-3/h6-14,24,32-33H,4-5H2,1-3H3/b25-23+. The molecule has 4 rings (SSSR count). The smallest absolute Gasteiger partial charge is 0.300 e. The zero-order valence-corrected chi connectivity index (χ0v) is 22.3. The Hall–Kier alpha value is -3.88. The van der Waals surface area contributed by atoms with Crippen LogP contribution < -0.4 is 19.1 Å². The minimum atomic E-state index is -1.06. The van der Waals surface area contributed by atoms with E-state index in [9.17, 15) is 19.8 Å². The third kappa shape index (κ3) is 4.97. The third-order valence-electron chi connectivity index (χ3n) is 5.93. The van der Waals surface area contributed by atoms with Gasteiger partial charge in [-0.2, -0.15) is 0 Å². The summed E-state index contributed by atoms with van der Waals surface area (Å²) in [6, 6.07) is 12.6. The molecule has 8 nitrogen and oxygen atoms in total. The monoisotopic (exact) mass is 557 g/mol. The molecule has 0 aliphatic carbocycles. The molecule has 38 heavy (non-hydrogen) atoms. The quantitative estimate of drug-likeness (QED) is 0.195. The largest absolute Gasteiger partial charge is 0.508 e. The van der Waals surface area contributed by atoms with Crippen molar-refractivity contribution in [1.29, 1.82) is 0 Å². The van der Waals surface area contributed by atoms with E-state index in [1.165, 1.54) is 36.3 Å². The maximum atomic E-state index is 13.5. The number of phenolic OH excluding ortho intramolecular Hbond substituents is 1. The van der Waals surface area contributed by atoms with Gasteiger partial charge in [0.25, 0.3) is 11.7 Å². The Balaban J connectivity index is 1.97. The number of aliphatic hydroxyl groups excluding tert-OH is 1. The molecule has 10 heteroatoms. The molecule has 1 unspecified atom stereocenters. The lowest BCUT2D eigenvalue weighted by Crippen LogP contribution is -2.29. The van der Waals surface area contributed by atoms with E-state index in [2.05, 4.69) is 0 Å². The fourth-order valence-electron chi connectivity index (χ4n) is 4.35. The number of ether oxygens (including phenoxy) is 3. The highest BCUT2D eigenvalue weighted by Crippen LogP contribution is 2.46. The molecule has 2 N–H and O–H groups in total. The van der Waals surface area contributed by atoms with Crippen LogP contribution in [0.15, 0.2) is 60.2 Å². The highest BCUT2D eigenvalue weighted by atomic mass is 35.5. The summed E-state index contributed by atoms with van der Waals surface area (Å²) in [5.74, 6) is -1.36. The molecule has 1 aliphatic rings. The Labute approximate surface area is 229 Å². The van der Waals surface area contributed by atoms with Crippen LogP contribution in [-0.2, 0) is 9.59 Å². The van der Waals surface area contributed by atoms with E-state index in [0.29, 0.717) is 36.0 Å². The predicted molar refractivity (Wildman–Crippen MR) is 145 cm³/mol. The van der Waals surface area contributed by atoms with Gasteiger partial charge in [-0.15, -0.1) is 0 Å². The number of Topliss-reactive ketones (excluding diaryl/α,β-unsaturated/α-hetero) is 1. The molecule has 0 saturated carbocycles. The molecule has 1 aliphatic heterocycles. The molecule has 0 radical (unpaired) electrons. The second kappa shape index (κ2) is 11.2. The number of hydrogen-bond donors (Lipinski definition) is 2. The third-order valence-corrected chi connectivity index (χ3v) is 6.42. The second-order valence-corrected chi connectivity index (χ2v) is 9.07. The molecule has 198 valence electrons.